The van der Waals surface area contributed by atoms with Gasteiger partial charge in [-0.2, -0.15) is 0 Å². The van der Waals surface area contributed by atoms with Crippen molar-refractivity contribution < 1.29 is 9.67 Å². The molecule has 25 heavy (non-hydrogen) atoms. The predicted octanol–water partition coefficient (Wildman–Crippen LogP) is 2.84. The lowest BCUT2D eigenvalue weighted by Crippen LogP contribution is -2.31. The van der Waals surface area contributed by atoms with E-state index in [0.717, 1.165) is 16.2 Å². The lowest BCUT2D eigenvalue weighted by atomic mass is 10.1. The highest BCUT2D eigenvalue weighted by molar-refractivity contribution is 7.85. The van der Waals surface area contributed by atoms with Crippen LogP contribution >= 0.6 is 7.14 Å². The van der Waals surface area contributed by atoms with Crippen molar-refractivity contribution in [1.82, 2.24) is 5.32 Å². The highest BCUT2D eigenvalue weighted by Crippen LogP contribution is 2.44. The zero-order chi connectivity index (χ0) is 17.9. The molecule has 0 aromatic heterocycles. The molecule has 0 aliphatic carbocycles. The molecule has 3 aromatic rings. The predicted molar refractivity (Wildman–Crippen MR) is 105 cm³/mol. The Morgan fingerprint density at radius 2 is 1.40 bits per heavy atom. The first-order valence-corrected chi connectivity index (χ1v) is 9.96. The van der Waals surface area contributed by atoms with E-state index in [1.807, 2.05) is 85.8 Å². The largest absolute Gasteiger partial charge is 0.374 e. The van der Waals surface area contributed by atoms with Crippen molar-refractivity contribution in [3.05, 3.63) is 90.0 Å². The van der Waals surface area contributed by atoms with Gasteiger partial charge in [0.2, 0.25) is 0 Å². The van der Waals surface area contributed by atoms with Crippen molar-refractivity contribution in [3.63, 3.8) is 0 Å². The summed E-state index contributed by atoms with van der Waals surface area (Å²) in [6.07, 6.45) is -0.878. The second kappa shape index (κ2) is 7.37. The minimum atomic E-state index is -3.11. The van der Waals surface area contributed by atoms with Gasteiger partial charge in [0.05, 0.1) is 0 Å². The highest BCUT2D eigenvalue weighted by atomic mass is 31.2. The number of aryl methyl sites for hydroxylation is 1. The minimum absolute atomic E-state index is 0.643. The van der Waals surface area contributed by atoms with Crippen molar-refractivity contribution in [1.29, 1.82) is 0 Å². The summed E-state index contributed by atoms with van der Waals surface area (Å²) in [5.74, 6) is 0. The summed E-state index contributed by atoms with van der Waals surface area (Å²) in [5.41, 5.74) is 1.65. The molecule has 0 heterocycles. The number of aliphatic hydroxyl groups is 1. The molecule has 0 saturated carbocycles. The molecule has 128 valence electrons. The summed E-state index contributed by atoms with van der Waals surface area (Å²) in [4.78, 5) is 0. The molecular weight excluding hydrogens is 329 g/mol. The van der Waals surface area contributed by atoms with E-state index in [4.69, 9.17) is 0 Å². The van der Waals surface area contributed by atoms with Crippen LogP contribution in [0.15, 0.2) is 78.9 Å². The standard InChI is InChI=1S/C21H22NO2P/c1-16-13-14-19(21(23)22-2)20(15-16)25(24,17-9-5-3-6-10-17)18-11-7-4-8-12-18/h3-15,21-23H,1-2H3. The van der Waals surface area contributed by atoms with Gasteiger partial charge >= 0.3 is 0 Å². The van der Waals surface area contributed by atoms with Crippen LogP contribution in [0.3, 0.4) is 0 Å². The number of benzene rings is 3. The van der Waals surface area contributed by atoms with Gasteiger partial charge in [-0.25, -0.2) is 0 Å². The fourth-order valence-electron chi connectivity index (χ4n) is 3.02. The fourth-order valence-corrected chi connectivity index (χ4v) is 6.00. The molecule has 0 aliphatic rings. The normalized spacial score (nSPS) is 12.8. The van der Waals surface area contributed by atoms with Crippen LogP contribution in [0.1, 0.15) is 17.4 Å². The number of rotatable bonds is 5. The lowest BCUT2D eigenvalue weighted by molar-refractivity contribution is 0.150. The molecule has 0 aliphatic heterocycles. The van der Waals surface area contributed by atoms with Crippen LogP contribution in [0.5, 0.6) is 0 Å². The summed E-state index contributed by atoms with van der Waals surface area (Å²) >= 11 is 0. The van der Waals surface area contributed by atoms with E-state index in [1.165, 1.54) is 0 Å². The van der Waals surface area contributed by atoms with Crippen LogP contribution in [0.25, 0.3) is 0 Å². The van der Waals surface area contributed by atoms with E-state index >= 15 is 0 Å². The van der Waals surface area contributed by atoms with Crippen LogP contribution in [0.4, 0.5) is 0 Å². The molecule has 1 atom stereocenters. The molecule has 0 fully saturated rings. The maximum atomic E-state index is 14.5. The number of hydrogen-bond acceptors (Lipinski definition) is 3. The van der Waals surface area contributed by atoms with Crippen LogP contribution in [-0.4, -0.2) is 12.2 Å². The van der Waals surface area contributed by atoms with Crippen LogP contribution < -0.4 is 21.2 Å². The first-order chi connectivity index (χ1) is 12.1. The van der Waals surface area contributed by atoms with Gasteiger partial charge < -0.3 is 9.67 Å². The average Bonchev–Trinajstić information content (AvgIpc) is 2.68. The van der Waals surface area contributed by atoms with E-state index in [1.54, 1.807) is 7.05 Å². The van der Waals surface area contributed by atoms with E-state index in [9.17, 15) is 9.67 Å². The van der Waals surface area contributed by atoms with Gasteiger partial charge in [-0.1, -0.05) is 78.4 Å². The van der Waals surface area contributed by atoms with Gasteiger partial charge in [0.15, 0.2) is 7.14 Å². The smallest absolute Gasteiger partial charge is 0.171 e. The van der Waals surface area contributed by atoms with Crippen LogP contribution in [0.2, 0.25) is 0 Å². The minimum Gasteiger partial charge on any atom is -0.374 e. The highest BCUT2D eigenvalue weighted by Gasteiger charge is 2.33. The van der Waals surface area contributed by atoms with Gasteiger partial charge in [0.1, 0.15) is 6.23 Å². The van der Waals surface area contributed by atoms with Crippen molar-refractivity contribution in [3.8, 4) is 0 Å². The molecule has 0 saturated heterocycles. The molecule has 3 aromatic carbocycles. The van der Waals surface area contributed by atoms with E-state index < -0.39 is 13.4 Å². The van der Waals surface area contributed by atoms with Crippen molar-refractivity contribution in [2.24, 2.45) is 0 Å². The molecular formula is C21H22NO2P. The second-order valence-electron chi connectivity index (χ2n) is 6.03. The van der Waals surface area contributed by atoms with Crippen molar-refractivity contribution >= 4 is 23.1 Å². The first kappa shape index (κ1) is 17.6. The van der Waals surface area contributed by atoms with E-state index in [2.05, 4.69) is 5.32 Å². The molecule has 3 rings (SSSR count). The Kier molecular flexibility index (Phi) is 5.19. The number of aliphatic hydroxyl groups excluding tert-OH is 1. The van der Waals surface area contributed by atoms with Gasteiger partial charge in [-0.15, -0.1) is 0 Å². The Bertz CT molecular complexity index is 851. The third-order valence-corrected chi connectivity index (χ3v) is 7.45. The Morgan fingerprint density at radius 1 is 0.880 bits per heavy atom. The summed E-state index contributed by atoms with van der Waals surface area (Å²) < 4.78 is 14.5. The van der Waals surface area contributed by atoms with Crippen molar-refractivity contribution in [2.75, 3.05) is 7.05 Å². The Hall–Kier alpha value is -2.19. The Labute approximate surface area is 148 Å². The quantitative estimate of drug-likeness (QED) is 0.549. The lowest BCUT2D eigenvalue weighted by Gasteiger charge is -2.25. The zero-order valence-corrected chi connectivity index (χ0v) is 15.3. The maximum absolute atomic E-state index is 14.5. The molecule has 4 heteroatoms. The summed E-state index contributed by atoms with van der Waals surface area (Å²) in [6, 6.07) is 24.7. The molecule has 3 nitrogen and oxygen atoms in total. The Balaban J connectivity index is 2.35. The summed E-state index contributed by atoms with van der Waals surface area (Å²) in [6.45, 7) is 1.97. The molecule has 2 N–H and O–H groups in total. The maximum Gasteiger partial charge on any atom is 0.171 e. The third kappa shape index (κ3) is 3.32. The summed E-state index contributed by atoms with van der Waals surface area (Å²) in [7, 11) is -1.42. The molecule has 0 bridgehead atoms. The SMILES string of the molecule is CNC(O)c1ccc(C)cc1P(=O)(c1ccccc1)c1ccccc1. The van der Waals surface area contributed by atoms with Crippen molar-refractivity contribution in [2.45, 2.75) is 13.2 Å². The third-order valence-electron chi connectivity index (χ3n) is 4.33. The second-order valence-corrected chi connectivity index (χ2v) is 8.77. The monoisotopic (exact) mass is 351 g/mol. The molecule has 0 radical (unpaired) electrons. The van der Waals surface area contributed by atoms with Gasteiger partial charge in [0, 0.05) is 21.5 Å². The topological polar surface area (TPSA) is 49.3 Å². The molecule has 0 amide bonds. The van der Waals surface area contributed by atoms with E-state index in [0.29, 0.717) is 10.9 Å². The zero-order valence-electron chi connectivity index (χ0n) is 14.4. The fraction of sp³-hybridized carbons (Fsp3) is 0.143. The molecule has 0 spiro atoms. The van der Waals surface area contributed by atoms with Gasteiger partial charge in [0.25, 0.3) is 0 Å². The number of nitrogens with one attached hydrogen (secondary N) is 1. The van der Waals surface area contributed by atoms with Gasteiger partial charge in [-0.05, 0) is 20.0 Å². The average molecular weight is 351 g/mol. The Morgan fingerprint density at radius 3 is 1.88 bits per heavy atom. The van der Waals surface area contributed by atoms with Crippen LogP contribution in [0, 0.1) is 6.92 Å². The first-order valence-electron chi connectivity index (χ1n) is 8.25. The number of hydrogen-bond donors (Lipinski definition) is 2. The van der Waals surface area contributed by atoms with E-state index in [-0.39, 0.29) is 0 Å². The molecule has 1 unspecified atom stereocenters. The summed E-state index contributed by atoms with van der Waals surface area (Å²) in [5, 5.41) is 15.5. The van der Waals surface area contributed by atoms with Crippen LogP contribution in [-0.2, 0) is 4.57 Å². The van der Waals surface area contributed by atoms with Gasteiger partial charge in [-0.3, -0.25) is 5.32 Å².